The number of benzene rings is 1. The molecule has 0 aliphatic carbocycles. The molecule has 0 amide bonds. The Morgan fingerprint density at radius 3 is 2.70 bits per heavy atom. The standard InChI is InChI=1S/C12H15FN4O2S/c1-14-8-9-3-4-10(13)7-11(9)20(18,19)16-12-5-6-17(2)15-12/h3-7,14H,8H2,1-2H3,(H,15,16). The van der Waals surface area contributed by atoms with E-state index in [1.165, 1.54) is 22.9 Å². The van der Waals surface area contributed by atoms with Crippen molar-refractivity contribution in [3.63, 3.8) is 0 Å². The van der Waals surface area contributed by atoms with E-state index in [1.807, 2.05) is 0 Å². The van der Waals surface area contributed by atoms with Gasteiger partial charge in [0.25, 0.3) is 10.0 Å². The van der Waals surface area contributed by atoms with Crippen LogP contribution in [-0.2, 0) is 23.6 Å². The van der Waals surface area contributed by atoms with Crippen molar-refractivity contribution in [1.82, 2.24) is 15.1 Å². The second-order valence-electron chi connectivity index (χ2n) is 4.26. The van der Waals surface area contributed by atoms with E-state index in [-0.39, 0.29) is 10.7 Å². The van der Waals surface area contributed by atoms with Crippen molar-refractivity contribution in [2.24, 2.45) is 7.05 Å². The van der Waals surface area contributed by atoms with Crippen molar-refractivity contribution < 1.29 is 12.8 Å². The average molecular weight is 298 g/mol. The van der Waals surface area contributed by atoms with Crippen molar-refractivity contribution >= 4 is 15.8 Å². The van der Waals surface area contributed by atoms with Crippen molar-refractivity contribution in [2.45, 2.75) is 11.4 Å². The number of sulfonamides is 1. The molecule has 1 aromatic heterocycles. The molecule has 0 saturated heterocycles. The molecule has 2 N–H and O–H groups in total. The Morgan fingerprint density at radius 2 is 2.10 bits per heavy atom. The van der Waals surface area contributed by atoms with E-state index in [4.69, 9.17) is 0 Å². The number of hydrogen-bond acceptors (Lipinski definition) is 4. The summed E-state index contributed by atoms with van der Waals surface area (Å²) in [5, 5.41) is 6.79. The van der Waals surface area contributed by atoms with Gasteiger partial charge < -0.3 is 5.32 Å². The summed E-state index contributed by atoms with van der Waals surface area (Å²) in [4.78, 5) is -0.0995. The first-order chi connectivity index (χ1) is 9.42. The van der Waals surface area contributed by atoms with Crippen LogP contribution in [0.2, 0.25) is 0 Å². The Balaban J connectivity index is 2.40. The van der Waals surface area contributed by atoms with E-state index in [0.717, 1.165) is 6.07 Å². The van der Waals surface area contributed by atoms with Crippen LogP contribution in [0.4, 0.5) is 10.2 Å². The van der Waals surface area contributed by atoms with Gasteiger partial charge in [-0.2, -0.15) is 5.10 Å². The van der Waals surface area contributed by atoms with Gasteiger partial charge in [0.15, 0.2) is 5.82 Å². The van der Waals surface area contributed by atoms with Gasteiger partial charge in [-0.05, 0) is 24.7 Å². The number of anilines is 1. The highest BCUT2D eigenvalue weighted by molar-refractivity contribution is 7.92. The fourth-order valence-electron chi connectivity index (χ4n) is 1.78. The van der Waals surface area contributed by atoms with E-state index in [2.05, 4.69) is 15.1 Å². The highest BCUT2D eigenvalue weighted by atomic mass is 32.2. The lowest BCUT2D eigenvalue weighted by Crippen LogP contribution is -2.18. The smallest absolute Gasteiger partial charge is 0.263 e. The lowest BCUT2D eigenvalue weighted by atomic mass is 10.2. The molecular formula is C12H15FN4O2S. The van der Waals surface area contributed by atoms with Crippen LogP contribution < -0.4 is 10.0 Å². The third-order valence-electron chi connectivity index (χ3n) is 2.64. The van der Waals surface area contributed by atoms with E-state index < -0.39 is 15.8 Å². The van der Waals surface area contributed by atoms with Gasteiger partial charge in [0.1, 0.15) is 5.82 Å². The third kappa shape index (κ3) is 3.14. The summed E-state index contributed by atoms with van der Waals surface area (Å²) in [6.45, 7) is 0.318. The predicted molar refractivity (Wildman–Crippen MR) is 73.2 cm³/mol. The van der Waals surface area contributed by atoms with E-state index >= 15 is 0 Å². The summed E-state index contributed by atoms with van der Waals surface area (Å²) in [6.07, 6.45) is 1.61. The molecule has 6 nitrogen and oxygen atoms in total. The van der Waals surface area contributed by atoms with Gasteiger partial charge in [0, 0.05) is 25.9 Å². The van der Waals surface area contributed by atoms with Gasteiger partial charge >= 0.3 is 0 Å². The van der Waals surface area contributed by atoms with Gasteiger partial charge in [-0.3, -0.25) is 9.40 Å². The molecule has 1 aromatic carbocycles. The molecule has 2 rings (SSSR count). The molecule has 2 aromatic rings. The number of rotatable bonds is 5. The summed E-state index contributed by atoms with van der Waals surface area (Å²) in [7, 11) is -0.522. The van der Waals surface area contributed by atoms with Crippen molar-refractivity contribution in [1.29, 1.82) is 0 Å². The largest absolute Gasteiger partial charge is 0.316 e. The monoisotopic (exact) mass is 298 g/mol. The molecule has 8 heteroatoms. The number of aromatic nitrogens is 2. The lowest BCUT2D eigenvalue weighted by molar-refractivity contribution is 0.591. The first kappa shape index (κ1) is 14.5. The first-order valence-corrected chi connectivity index (χ1v) is 7.36. The van der Waals surface area contributed by atoms with Crippen LogP contribution in [0.3, 0.4) is 0 Å². The number of halogens is 1. The second kappa shape index (κ2) is 5.59. The minimum atomic E-state index is -3.88. The van der Waals surface area contributed by atoms with Crippen LogP contribution in [0.15, 0.2) is 35.4 Å². The molecule has 20 heavy (non-hydrogen) atoms. The molecule has 0 saturated carbocycles. The fourth-order valence-corrected chi connectivity index (χ4v) is 3.02. The minimum absolute atomic E-state index is 0.0995. The molecule has 0 aliphatic heterocycles. The van der Waals surface area contributed by atoms with Crippen LogP contribution in [0, 0.1) is 5.82 Å². The molecule has 108 valence electrons. The first-order valence-electron chi connectivity index (χ1n) is 5.88. The molecule has 0 unspecified atom stereocenters. The quantitative estimate of drug-likeness (QED) is 0.866. The zero-order chi connectivity index (χ0) is 14.8. The predicted octanol–water partition coefficient (Wildman–Crippen LogP) is 1.08. The molecule has 1 heterocycles. The maximum atomic E-state index is 13.3. The zero-order valence-electron chi connectivity index (χ0n) is 11.1. The van der Waals surface area contributed by atoms with Crippen molar-refractivity contribution in [2.75, 3.05) is 11.8 Å². The number of nitrogens with one attached hydrogen (secondary N) is 2. The van der Waals surface area contributed by atoms with Crippen LogP contribution in [0.5, 0.6) is 0 Å². The van der Waals surface area contributed by atoms with Crippen LogP contribution in [0.1, 0.15) is 5.56 Å². The third-order valence-corrected chi connectivity index (χ3v) is 4.08. The van der Waals surface area contributed by atoms with Crippen molar-refractivity contribution in [3.8, 4) is 0 Å². The number of nitrogens with zero attached hydrogens (tertiary/aromatic N) is 2. The van der Waals surface area contributed by atoms with E-state index in [1.54, 1.807) is 20.3 Å². The number of hydrogen-bond donors (Lipinski definition) is 2. The Kier molecular flexibility index (Phi) is 4.05. The number of aryl methyl sites for hydroxylation is 1. The van der Waals surface area contributed by atoms with Gasteiger partial charge in [-0.15, -0.1) is 0 Å². The zero-order valence-corrected chi connectivity index (χ0v) is 11.9. The second-order valence-corrected chi connectivity index (χ2v) is 5.91. The van der Waals surface area contributed by atoms with Gasteiger partial charge in [0.2, 0.25) is 0 Å². The molecule has 0 spiro atoms. The highest BCUT2D eigenvalue weighted by Crippen LogP contribution is 2.20. The normalized spacial score (nSPS) is 11.6. The van der Waals surface area contributed by atoms with Crippen LogP contribution >= 0.6 is 0 Å². The molecule has 0 fully saturated rings. The van der Waals surface area contributed by atoms with Gasteiger partial charge in [0.05, 0.1) is 4.90 Å². The highest BCUT2D eigenvalue weighted by Gasteiger charge is 2.20. The Hall–Kier alpha value is -1.93. The van der Waals surface area contributed by atoms with Crippen LogP contribution in [0.25, 0.3) is 0 Å². The molecule has 0 bridgehead atoms. The molecule has 0 aliphatic rings. The summed E-state index contributed by atoms with van der Waals surface area (Å²) >= 11 is 0. The molecule has 0 radical (unpaired) electrons. The Morgan fingerprint density at radius 1 is 1.35 bits per heavy atom. The molecular weight excluding hydrogens is 283 g/mol. The fraction of sp³-hybridized carbons (Fsp3) is 0.250. The van der Waals surface area contributed by atoms with E-state index in [9.17, 15) is 12.8 Å². The maximum Gasteiger partial charge on any atom is 0.263 e. The minimum Gasteiger partial charge on any atom is -0.316 e. The van der Waals surface area contributed by atoms with Crippen LogP contribution in [-0.4, -0.2) is 25.2 Å². The van der Waals surface area contributed by atoms with Gasteiger partial charge in [-0.25, -0.2) is 12.8 Å². The summed E-state index contributed by atoms with van der Waals surface area (Å²) in [5.41, 5.74) is 0.484. The summed E-state index contributed by atoms with van der Waals surface area (Å²) < 4.78 is 41.7. The summed E-state index contributed by atoms with van der Waals surface area (Å²) in [6, 6.07) is 5.19. The topological polar surface area (TPSA) is 76.0 Å². The maximum absolute atomic E-state index is 13.3. The van der Waals surface area contributed by atoms with Gasteiger partial charge in [-0.1, -0.05) is 6.07 Å². The SMILES string of the molecule is CNCc1ccc(F)cc1S(=O)(=O)Nc1ccn(C)n1. The molecule has 0 atom stereocenters. The average Bonchev–Trinajstić information content (AvgIpc) is 2.76. The summed E-state index contributed by atoms with van der Waals surface area (Å²) in [5.74, 6) is -0.418. The van der Waals surface area contributed by atoms with Crippen molar-refractivity contribution in [3.05, 3.63) is 41.8 Å². The Bertz CT molecular complexity index is 712. The Labute approximate surface area is 116 Å². The lowest BCUT2D eigenvalue weighted by Gasteiger charge is -2.11. The van der Waals surface area contributed by atoms with E-state index in [0.29, 0.717) is 12.1 Å².